The zero-order valence-corrected chi connectivity index (χ0v) is 24.3. The molecule has 5 aliphatic carbocycles. The number of aromatic hydroxyl groups is 2. The van der Waals surface area contributed by atoms with Crippen molar-refractivity contribution < 1.29 is 58.9 Å². The number of aliphatic hydroxyl groups excluding tert-OH is 3. The highest BCUT2D eigenvalue weighted by atomic mass is 16.6. The number of carbonyl (C=O) groups excluding carboxylic acids is 4. The zero-order chi connectivity index (χ0) is 32.3. The molecule has 1 saturated carbocycles. The van der Waals surface area contributed by atoms with Gasteiger partial charge in [0.2, 0.25) is 0 Å². The Hall–Kier alpha value is -5.10. The van der Waals surface area contributed by atoms with Gasteiger partial charge in [0, 0.05) is 24.5 Å². The molecule has 0 saturated heterocycles. The van der Waals surface area contributed by atoms with Gasteiger partial charge >= 0.3 is 11.9 Å². The van der Waals surface area contributed by atoms with Crippen LogP contribution in [0.2, 0.25) is 0 Å². The van der Waals surface area contributed by atoms with Gasteiger partial charge in [-0.3, -0.25) is 14.4 Å². The minimum absolute atomic E-state index is 0.0547. The van der Waals surface area contributed by atoms with E-state index in [2.05, 4.69) is 0 Å². The molecule has 1 spiro atoms. The number of phenolic OH excluding ortho intramolecular Hbond substituents is 2. The standard InChI is InChI=1S/C33H28O12/c1-12-10-32-11-14-9-18-23(29(41)24-17(36)7-8-19(37)33(24,45-18)31(42)43-3)26(38)21(14)20(12)27(39)25(32)28(40)22-15(5-4-6-16(22)35)30(32)44-13(2)34/h4-6,9-10,19-20,30,35,37-38,40-41H,7-8,11H2,1-3H3/t19?,20-,30?,32?,33?/m0/s1. The summed E-state index contributed by atoms with van der Waals surface area (Å²) in [6.07, 6.45) is -1.62. The molecule has 2 aromatic rings. The minimum atomic E-state index is -2.42. The first-order chi connectivity index (χ1) is 21.3. The third kappa shape index (κ3) is 3.40. The number of carbonyl (C=O) groups is 4. The van der Waals surface area contributed by atoms with Crippen LogP contribution in [0.3, 0.4) is 0 Å². The summed E-state index contributed by atoms with van der Waals surface area (Å²) in [6, 6.07) is 5.80. The molecule has 0 radical (unpaired) electrons. The summed E-state index contributed by atoms with van der Waals surface area (Å²) in [5, 5.41) is 56.7. The molecule has 45 heavy (non-hydrogen) atoms. The summed E-state index contributed by atoms with van der Waals surface area (Å²) < 4.78 is 16.8. The first kappa shape index (κ1) is 28.7. The Morgan fingerprint density at radius 2 is 1.76 bits per heavy atom. The molecule has 12 nitrogen and oxygen atoms in total. The van der Waals surface area contributed by atoms with Gasteiger partial charge in [0.15, 0.2) is 11.6 Å². The Morgan fingerprint density at radius 3 is 2.44 bits per heavy atom. The second kappa shape index (κ2) is 9.21. The predicted molar refractivity (Wildman–Crippen MR) is 153 cm³/mol. The normalized spacial score (nSPS) is 29.3. The molecule has 232 valence electrons. The average molecular weight is 617 g/mol. The topological polar surface area (TPSA) is 197 Å². The summed E-state index contributed by atoms with van der Waals surface area (Å²) >= 11 is 0. The van der Waals surface area contributed by atoms with Crippen molar-refractivity contribution in [2.75, 3.05) is 7.11 Å². The van der Waals surface area contributed by atoms with Gasteiger partial charge in [0.1, 0.15) is 46.5 Å². The number of methoxy groups -OCH3 is 1. The summed E-state index contributed by atoms with van der Waals surface area (Å²) in [4.78, 5) is 53.2. The number of benzene rings is 2. The summed E-state index contributed by atoms with van der Waals surface area (Å²) in [5.41, 5.74) is -4.02. The summed E-state index contributed by atoms with van der Waals surface area (Å²) in [6.45, 7) is 2.84. The van der Waals surface area contributed by atoms with Crippen LogP contribution in [0.15, 0.2) is 47.1 Å². The smallest absolute Gasteiger partial charge is 0.358 e. The highest BCUT2D eigenvalue weighted by Gasteiger charge is 2.63. The first-order valence-electron chi connectivity index (χ1n) is 14.3. The molecule has 8 rings (SSSR count). The Morgan fingerprint density at radius 1 is 1.04 bits per heavy atom. The number of ether oxygens (including phenoxy) is 3. The van der Waals surface area contributed by atoms with Crippen molar-refractivity contribution in [3.05, 3.63) is 74.9 Å². The van der Waals surface area contributed by atoms with Crippen LogP contribution in [0, 0.1) is 5.41 Å². The highest BCUT2D eigenvalue weighted by Crippen LogP contribution is 2.64. The third-order valence-corrected chi connectivity index (χ3v) is 9.66. The molecule has 2 bridgehead atoms. The lowest BCUT2D eigenvalue weighted by Gasteiger charge is -2.45. The molecule has 1 fully saturated rings. The van der Waals surface area contributed by atoms with E-state index < -0.39 is 75.5 Å². The molecule has 5 atom stereocenters. The SMILES string of the molecule is COC(=O)C12Oc3cc4c(c(O)c3C(O)=C1C(=O)CCC2O)[C@H]1C(=O)C2=C(O)c3c(O)cccc3C(OC(C)=O)C2(C=C1C)C4. The van der Waals surface area contributed by atoms with Crippen LogP contribution in [0.1, 0.15) is 66.5 Å². The maximum atomic E-state index is 14.4. The fraction of sp³-hybridized carbons (Fsp3) is 0.333. The lowest BCUT2D eigenvalue weighted by Crippen LogP contribution is -2.61. The molecule has 12 heteroatoms. The highest BCUT2D eigenvalue weighted by molar-refractivity contribution is 6.14. The monoisotopic (exact) mass is 616 g/mol. The van der Waals surface area contributed by atoms with Crippen molar-refractivity contribution in [3.63, 3.8) is 0 Å². The van der Waals surface area contributed by atoms with Crippen LogP contribution < -0.4 is 4.74 Å². The lowest BCUT2D eigenvalue weighted by molar-refractivity contribution is -0.169. The van der Waals surface area contributed by atoms with E-state index in [4.69, 9.17) is 14.2 Å². The van der Waals surface area contributed by atoms with Gasteiger partial charge in [-0.2, -0.15) is 0 Å². The van der Waals surface area contributed by atoms with Gasteiger partial charge in [-0.15, -0.1) is 0 Å². The molecular weight excluding hydrogens is 588 g/mol. The molecule has 4 unspecified atom stereocenters. The van der Waals surface area contributed by atoms with Crippen molar-refractivity contribution in [1.29, 1.82) is 0 Å². The fourth-order valence-corrected chi connectivity index (χ4v) is 7.98. The van der Waals surface area contributed by atoms with Crippen LogP contribution in [0.25, 0.3) is 11.5 Å². The van der Waals surface area contributed by atoms with Crippen LogP contribution in [0.5, 0.6) is 17.2 Å². The van der Waals surface area contributed by atoms with Crippen LogP contribution in [-0.4, -0.2) is 67.9 Å². The Balaban J connectivity index is 1.54. The van der Waals surface area contributed by atoms with Gasteiger partial charge in [-0.1, -0.05) is 23.8 Å². The number of esters is 2. The number of hydrogen-bond acceptors (Lipinski definition) is 12. The molecule has 5 N–H and O–H groups in total. The maximum Gasteiger partial charge on any atom is 0.358 e. The van der Waals surface area contributed by atoms with Crippen molar-refractivity contribution in [3.8, 4) is 17.2 Å². The summed E-state index contributed by atoms with van der Waals surface area (Å²) in [7, 11) is 1.04. The van der Waals surface area contributed by atoms with E-state index in [1.165, 1.54) is 25.1 Å². The number of aliphatic hydroxyl groups is 3. The van der Waals surface area contributed by atoms with Crippen LogP contribution >= 0.6 is 0 Å². The van der Waals surface area contributed by atoms with Gasteiger partial charge in [0.25, 0.3) is 5.60 Å². The van der Waals surface area contributed by atoms with Crippen molar-refractivity contribution >= 4 is 35.0 Å². The van der Waals surface area contributed by atoms with E-state index in [0.717, 1.165) is 7.11 Å². The van der Waals surface area contributed by atoms with Crippen molar-refractivity contribution in [1.82, 2.24) is 0 Å². The number of rotatable bonds is 2. The van der Waals surface area contributed by atoms with Gasteiger partial charge < -0.3 is 39.7 Å². The number of phenols is 2. The summed E-state index contributed by atoms with van der Waals surface area (Å²) in [5.74, 6) is -6.86. The van der Waals surface area contributed by atoms with Gasteiger partial charge in [-0.25, -0.2) is 4.79 Å². The average Bonchev–Trinajstić information content (AvgIpc) is 3.17. The van der Waals surface area contributed by atoms with Crippen LogP contribution in [-0.2, 0) is 35.1 Å². The molecular formula is C33H28O12. The van der Waals surface area contributed by atoms with Crippen LogP contribution in [0.4, 0.5) is 0 Å². The number of fused-ring (bicyclic) bond motifs is 3. The third-order valence-electron chi connectivity index (χ3n) is 9.66. The first-order valence-corrected chi connectivity index (χ1v) is 14.3. The molecule has 1 heterocycles. The number of allylic oxidation sites excluding steroid dienone is 1. The molecule has 6 aliphatic rings. The van der Waals surface area contributed by atoms with Gasteiger partial charge in [0.05, 0.1) is 35.2 Å². The van der Waals surface area contributed by atoms with E-state index in [1.54, 1.807) is 19.1 Å². The quantitative estimate of drug-likeness (QED) is 0.245. The van der Waals surface area contributed by atoms with Crippen molar-refractivity contribution in [2.24, 2.45) is 5.41 Å². The van der Waals surface area contributed by atoms with E-state index in [1.807, 2.05) is 0 Å². The molecule has 1 aliphatic heterocycles. The fourth-order valence-electron chi connectivity index (χ4n) is 7.98. The lowest BCUT2D eigenvalue weighted by atomic mass is 9.60. The number of hydrogen-bond donors (Lipinski definition) is 5. The second-order valence-electron chi connectivity index (χ2n) is 12.1. The van der Waals surface area contributed by atoms with E-state index >= 15 is 0 Å². The van der Waals surface area contributed by atoms with E-state index in [-0.39, 0.29) is 64.2 Å². The van der Waals surface area contributed by atoms with Gasteiger partial charge in [-0.05, 0) is 37.5 Å². The Bertz CT molecular complexity index is 1900. The minimum Gasteiger partial charge on any atom is -0.507 e. The second-order valence-corrected chi connectivity index (χ2v) is 12.1. The maximum absolute atomic E-state index is 14.4. The number of ketones is 2. The molecule has 0 aromatic heterocycles. The predicted octanol–water partition coefficient (Wildman–Crippen LogP) is 3.14. The molecule has 0 amide bonds. The Labute approximate surface area is 255 Å². The largest absolute Gasteiger partial charge is 0.507 e. The van der Waals surface area contributed by atoms with E-state index in [0.29, 0.717) is 5.57 Å². The van der Waals surface area contributed by atoms with Crippen molar-refractivity contribution in [2.45, 2.75) is 56.8 Å². The number of Topliss-reactive ketones (excluding diaryl/α,β-unsaturated/α-hetero) is 2. The van der Waals surface area contributed by atoms with E-state index in [9.17, 15) is 44.7 Å². The zero-order valence-electron chi connectivity index (χ0n) is 24.3. The molecule has 2 aromatic carbocycles. The Kier molecular flexibility index (Phi) is 5.86.